The molecule has 0 fully saturated rings. The van der Waals surface area contributed by atoms with Crippen molar-refractivity contribution in [3.05, 3.63) is 64.7 Å². The number of amides is 1. The molecule has 7 nitrogen and oxygen atoms in total. The molecule has 0 saturated carbocycles. The van der Waals surface area contributed by atoms with Gasteiger partial charge < -0.3 is 5.73 Å². The number of aryl methyl sites for hydroxylation is 1. The molecule has 1 atom stereocenters. The Kier molecular flexibility index (Phi) is 3.72. The molecule has 0 aliphatic carbocycles. The SMILES string of the molecule is Cc1cccc(C(=O)N2C(N)=NC(c3nc4ccccc4s3)N2N)c1. The van der Waals surface area contributed by atoms with Crippen LogP contribution < -0.4 is 11.6 Å². The van der Waals surface area contributed by atoms with Gasteiger partial charge in [-0.1, -0.05) is 29.8 Å². The third kappa shape index (κ3) is 2.66. The number of nitrogens with two attached hydrogens (primary N) is 2. The van der Waals surface area contributed by atoms with Crippen molar-refractivity contribution in [3.8, 4) is 0 Å². The van der Waals surface area contributed by atoms with E-state index in [0.717, 1.165) is 15.8 Å². The first-order valence-corrected chi connectivity index (χ1v) is 8.50. The van der Waals surface area contributed by atoms with Gasteiger partial charge in [-0.3, -0.25) is 4.79 Å². The normalized spacial score (nSPS) is 17.9. The molecule has 25 heavy (non-hydrogen) atoms. The number of para-hydroxylation sites is 1. The minimum atomic E-state index is -0.619. The predicted octanol–water partition coefficient (Wildman–Crippen LogP) is 2.16. The lowest BCUT2D eigenvalue weighted by molar-refractivity contribution is 0.0199. The van der Waals surface area contributed by atoms with Crippen LogP contribution in [0.5, 0.6) is 0 Å². The molecule has 1 unspecified atom stereocenters. The topological polar surface area (TPSA) is 101 Å². The largest absolute Gasteiger partial charge is 0.368 e. The van der Waals surface area contributed by atoms with Crippen molar-refractivity contribution in [2.24, 2.45) is 16.6 Å². The molecule has 4 N–H and O–H groups in total. The van der Waals surface area contributed by atoms with Crippen LogP contribution in [0.1, 0.15) is 27.1 Å². The Morgan fingerprint density at radius 1 is 1.20 bits per heavy atom. The molecule has 0 spiro atoms. The lowest BCUT2D eigenvalue weighted by Gasteiger charge is -2.25. The Hall–Kier alpha value is -2.81. The molecule has 1 aromatic heterocycles. The van der Waals surface area contributed by atoms with Crippen molar-refractivity contribution in [1.82, 2.24) is 15.1 Å². The predicted molar refractivity (Wildman–Crippen MR) is 97.4 cm³/mol. The van der Waals surface area contributed by atoms with Crippen LogP contribution >= 0.6 is 11.3 Å². The summed E-state index contributed by atoms with van der Waals surface area (Å²) in [5.41, 5.74) is 8.32. The smallest absolute Gasteiger partial charge is 0.276 e. The number of hydrazine groups is 2. The van der Waals surface area contributed by atoms with Crippen LogP contribution in [0.15, 0.2) is 53.5 Å². The second-order valence-corrected chi connectivity index (χ2v) is 6.81. The van der Waals surface area contributed by atoms with Crippen molar-refractivity contribution in [2.75, 3.05) is 0 Å². The number of fused-ring (bicyclic) bond motifs is 1. The van der Waals surface area contributed by atoms with E-state index >= 15 is 0 Å². The number of nitrogens with zero attached hydrogens (tertiary/aromatic N) is 4. The zero-order valence-corrected chi connectivity index (χ0v) is 14.3. The quantitative estimate of drug-likeness (QED) is 0.688. The first-order valence-electron chi connectivity index (χ1n) is 7.68. The maximum absolute atomic E-state index is 12.8. The van der Waals surface area contributed by atoms with Crippen LogP contribution in [-0.4, -0.2) is 27.0 Å². The van der Waals surface area contributed by atoms with E-state index in [1.165, 1.54) is 21.5 Å². The molecule has 2 aromatic carbocycles. The summed E-state index contributed by atoms with van der Waals surface area (Å²) < 4.78 is 1.03. The Labute approximate surface area is 148 Å². The van der Waals surface area contributed by atoms with Gasteiger partial charge in [-0.15, -0.1) is 16.5 Å². The Balaban J connectivity index is 1.67. The highest BCUT2D eigenvalue weighted by molar-refractivity contribution is 7.18. The minimum absolute atomic E-state index is 0.0539. The van der Waals surface area contributed by atoms with Gasteiger partial charge in [-0.05, 0) is 31.2 Å². The van der Waals surface area contributed by atoms with E-state index in [0.29, 0.717) is 10.6 Å². The molecule has 4 rings (SSSR count). The molecule has 1 aliphatic rings. The molecule has 0 bridgehead atoms. The van der Waals surface area contributed by atoms with Gasteiger partial charge >= 0.3 is 0 Å². The first kappa shape index (κ1) is 15.7. The summed E-state index contributed by atoms with van der Waals surface area (Å²) in [5.74, 6) is 5.89. The molecule has 1 aliphatic heterocycles. The summed E-state index contributed by atoms with van der Waals surface area (Å²) in [5, 5.41) is 3.11. The first-order chi connectivity index (χ1) is 12.0. The summed E-state index contributed by atoms with van der Waals surface area (Å²) in [6, 6.07) is 15.0. The van der Waals surface area contributed by atoms with Crippen molar-refractivity contribution in [2.45, 2.75) is 13.1 Å². The zero-order valence-electron chi connectivity index (χ0n) is 13.5. The number of hydrogen-bond donors (Lipinski definition) is 2. The molecule has 1 amide bonds. The third-order valence-electron chi connectivity index (χ3n) is 3.94. The number of thiazole rings is 1. The minimum Gasteiger partial charge on any atom is -0.368 e. The number of benzene rings is 2. The second-order valence-electron chi connectivity index (χ2n) is 5.75. The van der Waals surface area contributed by atoms with Gasteiger partial charge in [0, 0.05) is 5.56 Å². The van der Waals surface area contributed by atoms with Crippen molar-refractivity contribution in [1.29, 1.82) is 0 Å². The van der Waals surface area contributed by atoms with Gasteiger partial charge in [0.1, 0.15) is 5.01 Å². The number of rotatable bonds is 2. The Bertz CT molecular complexity index is 964. The highest BCUT2D eigenvalue weighted by Gasteiger charge is 2.38. The van der Waals surface area contributed by atoms with Crippen LogP contribution in [0.3, 0.4) is 0 Å². The molecule has 126 valence electrons. The number of carbonyl (C=O) groups excluding carboxylic acids is 1. The van der Waals surface area contributed by atoms with Gasteiger partial charge in [-0.25, -0.2) is 15.8 Å². The number of aromatic nitrogens is 1. The van der Waals surface area contributed by atoms with Gasteiger partial charge in [0.25, 0.3) is 5.91 Å². The van der Waals surface area contributed by atoms with E-state index in [4.69, 9.17) is 11.6 Å². The Morgan fingerprint density at radius 2 is 2.00 bits per heavy atom. The number of hydrogen-bond acceptors (Lipinski definition) is 7. The Morgan fingerprint density at radius 3 is 2.76 bits per heavy atom. The van der Waals surface area contributed by atoms with Crippen LogP contribution in [-0.2, 0) is 0 Å². The average Bonchev–Trinajstić information content (AvgIpc) is 3.15. The molecule has 8 heteroatoms. The van der Waals surface area contributed by atoms with Crippen molar-refractivity contribution >= 4 is 33.4 Å². The maximum atomic E-state index is 12.8. The summed E-state index contributed by atoms with van der Waals surface area (Å²) in [4.78, 5) is 21.7. The van der Waals surface area contributed by atoms with E-state index in [9.17, 15) is 4.79 Å². The zero-order chi connectivity index (χ0) is 17.6. The number of carbonyl (C=O) groups is 1. The molecular weight excluding hydrogens is 336 g/mol. The lowest BCUT2D eigenvalue weighted by Crippen LogP contribution is -2.52. The molecule has 3 aromatic rings. The fourth-order valence-corrected chi connectivity index (χ4v) is 3.75. The van der Waals surface area contributed by atoms with Crippen LogP contribution in [0.4, 0.5) is 0 Å². The monoisotopic (exact) mass is 352 g/mol. The fourth-order valence-electron chi connectivity index (χ4n) is 2.74. The average molecular weight is 352 g/mol. The van der Waals surface area contributed by atoms with Crippen LogP contribution in [0.25, 0.3) is 10.2 Å². The standard InChI is InChI=1S/C17H16N6OS/c1-10-5-4-6-11(9-10)16(24)22-17(18)21-14(23(22)19)15-20-12-7-2-3-8-13(12)25-15/h2-9,14H,19H2,1H3,(H2,18,21). The third-order valence-corrected chi connectivity index (χ3v) is 5.02. The summed E-state index contributed by atoms with van der Waals surface area (Å²) in [6.07, 6.45) is -0.619. The van der Waals surface area contributed by atoms with E-state index in [1.54, 1.807) is 12.1 Å². The fraction of sp³-hybridized carbons (Fsp3) is 0.118. The molecular formula is C17H16N6OS. The van der Waals surface area contributed by atoms with Gasteiger partial charge in [0.15, 0.2) is 6.17 Å². The van der Waals surface area contributed by atoms with Gasteiger partial charge in [0.2, 0.25) is 5.96 Å². The highest BCUT2D eigenvalue weighted by Crippen LogP contribution is 2.33. The summed E-state index contributed by atoms with van der Waals surface area (Å²) in [7, 11) is 0. The maximum Gasteiger partial charge on any atom is 0.276 e. The summed E-state index contributed by atoms with van der Waals surface area (Å²) in [6.45, 7) is 1.92. The van der Waals surface area contributed by atoms with Crippen LogP contribution in [0.2, 0.25) is 0 Å². The molecule has 0 saturated heterocycles. The molecule has 2 heterocycles. The highest BCUT2D eigenvalue weighted by atomic mass is 32.1. The van der Waals surface area contributed by atoms with Gasteiger partial charge in [0.05, 0.1) is 10.2 Å². The van der Waals surface area contributed by atoms with E-state index in [1.807, 2.05) is 43.3 Å². The number of aliphatic imine (C=N–C) groups is 1. The second kappa shape index (κ2) is 5.92. The lowest BCUT2D eigenvalue weighted by atomic mass is 10.1. The van der Waals surface area contributed by atoms with E-state index in [2.05, 4.69) is 9.98 Å². The summed E-state index contributed by atoms with van der Waals surface area (Å²) >= 11 is 1.48. The number of guanidine groups is 1. The van der Waals surface area contributed by atoms with Crippen LogP contribution in [0, 0.1) is 6.92 Å². The van der Waals surface area contributed by atoms with E-state index < -0.39 is 6.17 Å². The van der Waals surface area contributed by atoms with E-state index in [-0.39, 0.29) is 11.9 Å². The van der Waals surface area contributed by atoms with Crippen molar-refractivity contribution in [3.63, 3.8) is 0 Å². The molecule has 0 radical (unpaired) electrons. The van der Waals surface area contributed by atoms with Gasteiger partial charge in [-0.2, -0.15) is 5.01 Å². The van der Waals surface area contributed by atoms with Crippen molar-refractivity contribution < 1.29 is 4.79 Å².